The second-order valence-corrected chi connectivity index (χ2v) is 5.54. The molecule has 1 amide bonds. The van der Waals surface area contributed by atoms with E-state index in [1.54, 1.807) is 0 Å². The number of fused-ring (bicyclic) bond motifs is 1. The number of amides is 1. The van der Waals surface area contributed by atoms with E-state index in [0.717, 1.165) is 41.5 Å². The van der Waals surface area contributed by atoms with Gasteiger partial charge in [-0.1, -0.05) is 31.5 Å². The number of alkyl halides is 1. The number of aromatic nitrogens is 1. The Morgan fingerprint density at radius 1 is 1.29 bits per heavy atom. The Morgan fingerprint density at radius 3 is 2.76 bits per heavy atom. The molecule has 21 heavy (non-hydrogen) atoms. The first-order valence-corrected chi connectivity index (χ1v) is 7.92. The molecule has 0 saturated carbocycles. The molecule has 112 valence electrons. The summed E-state index contributed by atoms with van der Waals surface area (Å²) in [6.45, 7) is 5.37. The molecule has 0 spiro atoms. The number of hydrogen-bond acceptors (Lipinski definition) is 2. The predicted molar refractivity (Wildman–Crippen MR) is 88.0 cm³/mol. The summed E-state index contributed by atoms with van der Waals surface area (Å²) in [5.74, 6) is 0.503. The molecule has 4 heteroatoms. The fourth-order valence-electron chi connectivity index (χ4n) is 2.42. The molecule has 2 aromatic rings. The van der Waals surface area contributed by atoms with Crippen LogP contribution >= 0.6 is 11.6 Å². The van der Waals surface area contributed by atoms with Gasteiger partial charge in [0.25, 0.3) is 5.91 Å². The van der Waals surface area contributed by atoms with Gasteiger partial charge in [0.15, 0.2) is 0 Å². The number of nitrogens with zero attached hydrogens (tertiary/aromatic N) is 2. The Kier molecular flexibility index (Phi) is 5.57. The van der Waals surface area contributed by atoms with Gasteiger partial charge in [0.1, 0.15) is 0 Å². The first-order valence-electron chi connectivity index (χ1n) is 7.39. The van der Waals surface area contributed by atoms with Gasteiger partial charge in [0.2, 0.25) is 0 Å². The van der Waals surface area contributed by atoms with Crippen LogP contribution in [0.4, 0.5) is 0 Å². The molecule has 1 aromatic carbocycles. The zero-order chi connectivity index (χ0) is 15.2. The smallest absolute Gasteiger partial charge is 0.254 e. The summed E-state index contributed by atoms with van der Waals surface area (Å²) in [6.07, 6.45) is 2.05. The fourth-order valence-corrected chi connectivity index (χ4v) is 2.63. The van der Waals surface area contributed by atoms with Crippen molar-refractivity contribution in [3.63, 3.8) is 0 Å². The summed E-state index contributed by atoms with van der Waals surface area (Å²) in [5, 5.41) is 0.907. The lowest BCUT2D eigenvalue weighted by molar-refractivity contribution is 0.0765. The molecule has 0 bridgehead atoms. The minimum atomic E-state index is 0.0470. The van der Waals surface area contributed by atoms with Crippen molar-refractivity contribution in [3.8, 4) is 0 Å². The van der Waals surface area contributed by atoms with Crippen LogP contribution in [0.1, 0.15) is 35.8 Å². The number of hydrogen-bond donors (Lipinski definition) is 0. The summed E-state index contributed by atoms with van der Waals surface area (Å²) in [5.41, 5.74) is 2.44. The number of para-hydroxylation sites is 1. The van der Waals surface area contributed by atoms with Gasteiger partial charge in [-0.2, -0.15) is 0 Å². The maximum atomic E-state index is 12.8. The number of aryl methyl sites for hydroxylation is 1. The molecule has 0 atom stereocenters. The van der Waals surface area contributed by atoms with Gasteiger partial charge in [-0.3, -0.25) is 9.78 Å². The second-order valence-electron chi connectivity index (χ2n) is 5.16. The van der Waals surface area contributed by atoms with Crippen molar-refractivity contribution in [1.29, 1.82) is 0 Å². The Labute approximate surface area is 130 Å². The average molecular weight is 305 g/mol. The van der Waals surface area contributed by atoms with Gasteiger partial charge in [-0.25, -0.2) is 0 Å². The zero-order valence-corrected chi connectivity index (χ0v) is 13.4. The molecule has 0 radical (unpaired) electrons. The minimum Gasteiger partial charge on any atom is -0.337 e. The average Bonchev–Trinajstić information content (AvgIpc) is 2.50. The normalized spacial score (nSPS) is 10.8. The van der Waals surface area contributed by atoms with E-state index in [4.69, 9.17) is 11.6 Å². The van der Waals surface area contributed by atoms with Gasteiger partial charge in [0, 0.05) is 30.0 Å². The number of carbonyl (C=O) groups excluding carboxylic acids is 1. The third-order valence-electron chi connectivity index (χ3n) is 3.50. The van der Waals surface area contributed by atoms with Crippen LogP contribution in [0.3, 0.4) is 0 Å². The van der Waals surface area contributed by atoms with Gasteiger partial charge in [0.05, 0.1) is 11.1 Å². The maximum Gasteiger partial charge on any atom is 0.254 e. The molecule has 0 N–H and O–H groups in total. The van der Waals surface area contributed by atoms with E-state index < -0.39 is 0 Å². The zero-order valence-electron chi connectivity index (χ0n) is 12.6. The molecule has 0 aliphatic rings. The summed E-state index contributed by atoms with van der Waals surface area (Å²) in [7, 11) is 0. The number of pyridine rings is 1. The Morgan fingerprint density at radius 2 is 2.05 bits per heavy atom. The maximum absolute atomic E-state index is 12.8. The minimum absolute atomic E-state index is 0.0470. The van der Waals surface area contributed by atoms with Crippen molar-refractivity contribution >= 4 is 28.4 Å². The highest BCUT2D eigenvalue weighted by Crippen LogP contribution is 2.20. The molecule has 0 aliphatic heterocycles. The molecular formula is C17H21ClN2O. The summed E-state index contributed by atoms with van der Waals surface area (Å²) < 4.78 is 0. The third-order valence-corrected chi connectivity index (χ3v) is 3.67. The van der Waals surface area contributed by atoms with Crippen molar-refractivity contribution in [2.45, 2.75) is 26.7 Å². The molecule has 1 aromatic heterocycles. The van der Waals surface area contributed by atoms with Gasteiger partial charge in [-0.15, -0.1) is 11.6 Å². The highest BCUT2D eigenvalue weighted by atomic mass is 35.5. The number of benzene rings is 1. The topological polar surface area (TPSA) is 33.2 Å². The van der Waals surface area contributed by atoms with E-state index in [1.807, 2.05) is 42.2 Å². The third kappa shape index (κ3) is 3.73. The van der Waals surface area contributed by atoms with E-state index in [-0.39, 0.29) is 5.91 Å². The largest absolute Gasteiger partial charge is 0.337 e. The van der Waals surface area contributed by atoms with Crippen LogP contribution in [0.25, 0.3) is 10.9 Å². The van der Waals surface area contributed by atoms with E-state index in [1.165, 1.54) is 0 Å². The van der Waals surface area contributed by atoms with E-state index in [0.29, 0.717) is 12.4 Å². The number of rotatable bonds is 6. The lowest BCUT2D eigenvalue weighted by Crippen LogP contribution is -2.34. The van der Waals surface area contributed by atoms with Crippen molar-refractivity contribution in [1.82, 2.24) is 9.88 Å². The quantitative estimate of drug-likeness (QED) is 0.755. The first-order chi connectivity index (χ1) is 10.2. The van der Waals surface area contributed by atoms with E-state index >= 15 is 0 Å². The molecule has 1 heterocycles. The fraction of sp³-hybridized carbons (Fsp3) is 0.412. The molecular weight excluding hydrogens is 284 g/mol. The van der Waals surface area contributed by atoms with Crippen molar-refractivity contribution < 1.29 is 4.79 Å². The Bertz CT molecular complexity index is 627. The standard InChI is InChI=1S/C17H21ClN2O/c1-3-4-10-20(11-9-18)17(21)15-12-13(2)19-16-8-6-5-7-14(15)16/h5-8,12H,3-4,9-11H2,1-2H3. The highest BCUT2D eigenvalue weighted by molar-refractivity contribution is 6.18. The Hall–Kier alpha value is -1.61. The van der Waals surface area contributed by atoms with Crippen LogP contribution in [-0.4, -0.2) is 34.8 Å². The first kappa shape index (κ1) is 15.8. The lowest BCUT2D eigenvalue weighted by Gasteiger charge is -2.22. The van der Waals surface area contributed by atoms with Crippen molar-refractivity contribution in [2.75, 3.05) is 19.0 Å². The molecule has 0 fully saturated rings. The Balaban J connectivity index is 2.41. The van der Waals surface area contributed by atoms with E-state index in [9.17, 15) is 4.79 Å². The van der Waals surface area contributed by atoms with Crippen LogP contribution in [0.15, 0.2) is 30.3 Å². The monoisotopic (exact) mass is 304 g/mol. The van der Waals surface area contributed by atoms with Gasteiger partial charge in [-0.05, 0) is 25.5 Å². The van der Waals surface area contributed by atoms with Crippen LogP contribution in [0.2, 0.25) is 0 Å². The van der Waals surface area contributed by atoms with Crippen LogP contribution in [-0.2, 0) is 0 Å². The van der Waals surface area contributed by atoms with Crippen LogP contribution < -0.4 is 0 Å². The molecule has 0 aliphatic carbocycles. The van der Waals surface area contributed by atoms with Gasteiger partial charge < -0.3 is 4.90 Å². The summed E-state index contributed by atoms with van der Waals surface area (Å²) in [4.78, 5) is 19.2. The molecule has 0 saturated heterocycles. The SMILES string of the molecule is CCCCN(CCCl)C(=O)c1cc(C)nc2ccccc12. The summed E-state index contributed by atoms with van der Waals surface area (Å²) in [6, 6.07) is 9.65. The lowest BCUT2D eigenvalue weighted by atomic mass is 10.1. The number of halogens is 1. The van der Waals surface area contributed by atoms with Crippen molar-refractivity contribution in [2.24, 2.45) is 0 Å². The summed E-state index contributed by atoms with van der Waals surface area (Å²) >= 11 is 5.85. The highest BCUT2D eigenvalue weighted by Gasteiger charge is 2.18. The van der Waals surface area contributed by atoms with Crippen LogP contribution in [0.5, 0.6) is 0 Å². The van der Waals surface area contributed by atoms with Crippen molar-refractivity contribution in [3.05, 3.63) is 41.6 Å². The van der Waals surface area contributed by atoms with Gasteiger partial charge >= 0.3 is 0 Å². The van der Waals surface area contributed by atoms with E-state index in [2.05, 4.69) is 11.9 Å². The molecule has 2 rings (SSSR count). The molecule has 3 nitrogen and oxygen atoms in total. The number of carbonyl (C=O) groups is 1. The van der Waals surface area contributed by atoms with Crippen LogP contribution in [0, 0.1) is 6.92 Å². The molecule has 0 unspecified atom stereocenters. The number of unbranched alkanes of at least 4 members (excludes halogenated alkanes) is 1. The predicted octanol–water partition coefficient (Wildman–Crippen LogP) is 4.02. The second kappa shape index (κ2) is 7.41.